The van der Waals surface area contributed by atoms with E-state index in [-0.39, 0.29) is 5.91 Å². The summed E-state index contributed by atoms with van der Waals surface area (Å²) in [5.74, 6) is 1.64. The van der Waals surface area contributed by atoms with E-state index >= 15 is 0 Å². The second-order valence-corrected chi connectivity index (χ2v) is 7.72. The van der Waals surface area contributed by atoms with Crippen LogP contribution in [0.2, 0.25) is 0 Å². The molecule has 0 radical (unpaired) electrons. The molecule has 0 unspecified atom stereocenters. The van der Waals surface area contributed by atoms with Gasteiger partial charge in [0.15, 0.2) is 5.82 Å². The second kappa shape index (κ2) is 9.43. The largest absolute Gasteiger partial charge is 0.439 e. The van der Waals surface area contributed by atoms with Gasteiger partial charge >= 0.3 is 0 Å². The Kier molecular flexibility index (Phi) is 6.26. The zero-order chi connectivity index (χ0) is 22.5. The average Bonchev–Trinajstić information content (AvgIpc) is 3.12. The number of aryl methyl sites for hydroxylation is 4. The monoisotopic (exact) mass is 427 g/mol. The number of nitrogens with zero attached hydrogens (tertiary/aromatic N) is 4. The molecule has 0 aliphatic carbocycles. The lowest BCUT2D eigenvalue weighted by atomic mass is 10.1. The molecule has 1 N–H and O–H groups in total. The Balaban J connectivity index is 1.35. The van der Waals surface area contributed by atoms with E-state index in [4.69, 9.17) is 4.74 Å². The number of ether oxygens (including phenoxy) is 1. The Morgan fingerprint density at radius 1 is 1.00 bits per heavy atom. The van der Waals surface area contributed by atoms with Gasteiger partial charge in [0.05, 0.1) is 5.69 Å². The topological polar surface area (TPSA) is 81.9 Å². The van der Waals surface area contributed by atoms with Crippen LogP contribution in [0.5, 0.6) is 11.6 Å². The number of amides is 1. The second-order valence-electron chi connectivity index (χ2n) is 7.72. The number of nitrogens with one attached hydrogen (secondary N) is 1. The first kappa shape index (κ1) is 21.2. The van der Waals surface area contributed by atoms with Crippen LogP contribution in [-0.4, -0.2) is 25.7 Å². The maximum atomic E-state index is 12.3. The van der Waals surface area contributed by atoms with Crippen molar-refractivity contribution in [3.63, 3.8) is 0 Å². The molecule has 7 heteroatoms. The van der Waals surface area contributed by atoms with Crippen LogP contribution in [-0.2, 0) is 11.2 Å². The van der Waals surface area contributed by atoms with Crippen molar-refractivity contribution < 1.29 is 9.53 Å². The number of hydrogen-bond acceptors (Lipinski definition) is 5. The lowest BCUT2D eigenvalue weighted by Crippen LogP contribution is -2.12. The first-order chi connectivity index (χ1) is 15.5. The molecule has 162 valence electrons. The molecule has 7 nitrogen and oxygen atoms in total. The fourth-order valence-corrected chi connectivity index (χ4v) is 3.44. The third-order valence-corrected chi connectivity index (χ3v) is 4.94. The van der Waals surface area contributed by atoms with Gasteiger partial charge in [0, 0.05) is 23.9 Å². The highest BCUT2D eigenvalue weighted by atomic mass is 16.5. The summed E-state index contributed by atoms with van der Waals surface area (Å²) in [5, 5.41) is 7.36. The van der Waals surface area contributed by atoms with Gasteiger partial charge in [0.25, 0.3) is 0 Å². The highest BCUT2D eigenvalue weighted by Crippen LogP contribution is 2.23. The summed E-state index contributed by atoms with van der Waals surface area (Å²) >= 11 is 0. The summed E-state index contributed by atoms with van der Waals surface area (Å²) < 4.78 is 7.61. The summed E-state index contributed by atoms with van der Waals surface area (Å²) in [5.41, 5.74) is 4.98. The number of aromatic nitrogens is 4. The lowest BCUT2D eigenvalue weighted by Gasteiger charge is -2.09. The first-order valence-corrected chi connectivity index (χ1v) is 10.5. The van der Waals surface area contributed by atoms with Gasteiger partial charge in [-0.3, -0.25) is 4.79 Å². The van der Waals surface area contributed by atoms with Gasteiger partial charge in [-0.25, -0.2) is 14.6 Å². The number of carbonyl (C=O) groups excluding carboxylic acids is 1. The molecule has 2 aromatic carbocycles. The van der Waals surface area contributed by atoms with E-state index in [0.717, 1.165) is 22.6 Å². The fraction of sp³-hybridized carbons (Fsp3) is 0.200. The maximum absolute atomic E-state index is 12.3. The van der Waals surface area contributed by atoms with Crippen LogP contribution in [0.4, 0.5) is 5.69 Å². The van der Waals surface area contributed by atoms with E-state index in [9.17, 15) is 4.79 Å². The van der Waals surface area contributed by atoms with Crippen molar-refractivity contribution in [2.24, 2.45) is 0 Å². The van der Waals surface area contributed by atoms with Gasteiger partial charge in [-0.1, -0.05) is 29.8 Å². The predicted octanol–water partition coefficient (Wildman–Crippen LogP) is 4.95. The number of anilines is 1. The molecule has 2 aromatic heterocycles. The Bertz CT molecular complexity index is 1230. The third kappa shape index (κ3) is 5.37. The first-order valence-electron chi connectivity index (χ1n) is 10.5. The van der Waals surface area contributed by atoms with Crippen LogP contribution in [0.1, 0.15) is 28.9 Å². The van der Waals surface area contributed by atoms with Gasteiger partial charge in [0.2, 0.25) is 11.8 Å². The third-order valence-electron chi connectivity index (χ3n) is 4.94. The molecule has 0 fully saturated rings. The molecule has 32 heavy (non-hydrogen) atoms. The Hall–Kier alpha value is -4.00. The molecular weight excluding hydrogens is 402 g/mol. The fourth-order valence-electron chi connectivity index (χ4n) is 3.44. The molecule has 0 saturated heterocycles. The quantitative estimate of drug-likeness (QED) is 0.451. The van der Waals surface area contributed by atoms with Crippen LogP contribution in [0.25, 0.3) is 5.82 Å². The molecule has 0 aliphatic heterocycles. The van der Waals surface area contributed by atoms with Crippen molar-refractivity contribution >= 4 is 11.6 Å². The van der Waals surface area contributed by atoms with Crippen LogP contribution in [0.3, 0.4) is 0 Å². The van der Waals surface area contributed by atoms with Crippen LogP contribution in [0, 0.1) is 20.8 Å². The maximum Gasteiger partial charge on any atom is 0.224 e. The molecule has 4 aromatic rings. The molecular formula is C25H25N5O2. The van der Waals surface area contributed by atoms with Gasteiger partial charge in [0.1, 0.15) is 12.1 Å². The molecule has 4 rings (SSSR count). The minimum atomic E-state index is -0.0227. The number of benzene rings is 2. The highest BCUT2D eigenvalue weighted by molar-refractivity contribution is 5.90. The SMILES string of the molecule is Cc1cccc(CCC(=O)Nc2ccc(Oc3cc(-n4nc(C)cc4C)ncn3)cc2)c1. The van der Waals surface area contributed by atoms with Crippen LogP contribution >= 0.6 is 0 Å². The minimum absolute atomic E-state index is 0.0227. The van der Waals surface area contributed by atoms with E-state index in [1.165, 1.54) is 11.9 Å². The van der Waals surface area contributed by atoms with Crippen molar-refractivity contribution in [2.45, 2.75) is 33.6 Å². The Morgan fingerprint density at radius 2 is 1.81 bits per heavy atom. The molecule has 1 amide bonds. The van der Waals surface area contributed by atoms with E-state index < -0.39 is 0 Å². The van der Waals surface area contributed by atoms with Crippen molar-refractivity contribution in [2.75, 3.05) is 5.32 Å². The van der Waals surface area contributed by atoms with Gasteiger partial charge < -0.3 is 10.1 Å². The van der Waals surface area contributed by atoms with Crippen molar-refractivity contribution in [1.82, 2.24) is 19.7 Å². The number of carbonyl (C=O) groups is 1. The molecule has 2 heterocycles. The predicted molar refractivity (Wildman–Crippen MR) is 123 cm³/mol. The molecule has 0 spiro atoms. The normalized spacial score (nSPS) is 10.7. The van der Waals surface area contributed by atoms with Gasteiger partial charge in [-0.2, -0.15) is 5.10 Å². The summed E-state index contributed by atoms with van der Waals surface area (Å²) in [6.07, 6.45) is 2.59. The number of rotatable bonds is 7. The van der Waals surface area contributed by atoms with E-state index in [2.05, 4.69) is 39.4 Å². The molecule has 0 aliphatic rings. The standard InChI is InChI=1S/C25H25N5O2/c1-17-5-4-6-20(13-17)7-12-24(31)28-21-8-10-22(11-9-21)32-25-15-23(26-16-27-25)30-19(3)14-18(2)29-30/h4-6,8-11,13-16H,7,12H2,1-3H3,(H,28,31). The van der Waals surface area contributed by atoms with E-state index in [0.29, 0.717) is 30.3 Å². The van der Waals surface area contributed by atoms with Crippen molar-refractivity contribution in [3.8, 4) is 17.4 Å². The zero-order valence-corrected chi connectivity index (χ0v) is 18.4. The molecule has 0 atom stereocenters. The van der Waals surface area contributed by atoms with E-state index in [1.54, 1.807) is 22.9 Å². The molecule has 0 bridgehead atoms. The highest BCUT2D eigenvalue weighted by Gasteiger charge is 2.08. The summed E-state index contributed by atoms with van der Waals surface area (Å²) in [7, 11) is 0. The molecule has 0 saturated carbocycles. The average molecular weight is 428 g/mol. The van der Waals surface area contributed by atoms with Crippen LogP contribution < -0.4 is 10.1 Å². The van der Waals surface area contributed by atoms with Gasteiger partial charge in [-0.15, -0.1) is 0 Å². The Morgan fingerprint density at radius 3 is 2.53 bits per heavy atom. The van der Waals surface area contributed by atoms with Gasteiger partial charge in [-0.05, 0) is 63.1 Å². The minimum Gasteiger partial charge on any atom is -0.439 e. The Labute approximate surface area is 187 Å². The van der Waals surface area contributed by atoms with E-state index in [1.807, 2.05) is 44.2 Å². The smallest absolute Gasteiger partial charge is 0.224 e. The van der Waals surface area contributed by atoms with Crippen molar-refractivity contribution in [1.29, 1.82) is 0 Å². The summed E-state index contributed by atoms with van der Waals surface area (Å²) in [4.78, 5) is 20.7. The van der Waals surface area contributed by atoms with Crippen molar-refractivity contribution in [3.05, 3.63) is 89.5 Å². The zero-order valence-electron chi connectivity index (χ0n) is 18.4. The van der Waals surface area contributed by atoms with Crippen LogP contribution in [0.15, 0.2) is 67.0 Å². The number of hydrogen-bond donors (Lipinski definition) is 1. The summed E-state index contributed by atoms with van der Waals surface area (Å²) in [6.45, 7) is 5.95. The lowest BCUT2D eigenvalue weighted by molar-refractivity contribution is -0.116. The summed E-state index contributed by atoms with van der Waals surface area (Å²) in [6, 6.07) is 19.1.